The second kappa shape index (κ2) is 6.35. The van der Waals surface area contributed by atoms with Crippen molar-refractivity contribution in [3.8, 4) is 5.75 Å². The van der Waals surface area contributed by atoms with Crippen LogP contribution in [0.4, 0.5) is 13.2 Å². The molecule has 1 aromatic rings. The van der Waals surface area contributed by atoms with E-state index in [9.17, 15) is 18.0 Å². The first-order chi connectivity index (χ1) is 9.05. The van der Waals surface area contributed by atoms with E-state index < -0.39 is 17.5 Å². The van der Waals surface area contributed by atoms with Gasteiger partial charge in [-0.25, -0.2) is 0 Å². The summed E-state index contributed by atoms with van der Waals surface area (Å²) in [6, 6.07) is 4.11. The van der Waals surface area contributed by atoms with Crippen molar-refractivity contribution in [3.63, 3.8) is 0 Å². The van der Waals surface area contributed by atoms with Gasteiger partial charge in [-0.2, -0.15) is 0 Å². The van der Waals surface area contributed by atoms with E-state index in [0.29, 0.717) is 12.0 Å². The molecule has 0 bridgehead atoms. The first-order valence-electron chi connectivity index (χ1n) is 5.68. The summed E-state index contributed by atoms with van der Waals surface area (Å²) < 4.78 is 40.5. The summed E-state index contributed by atoms with van der Waals surface area (Å²) in [6.45, 7) is 3.46. The second-order valence-electron chi connectivity index (χ2n) is 4.93. The number of rotatable bonds is 5. The van der Waals surface area contributed by atoms with Crippen LogP contribution in [0.1, 0.15) is 19.4 Å². The number of Topliss-reactive ketones (excluding diaryl/α,β-unsaturated/α-hetero) is 1. The number of hydrogen-bond acceptors (Lipinski definition) is 2. The molecule has 0 spiro atoms. The standard InChI is InChI=1S/C13H13BrClF3O2/c1-12(2,11(19)7-14)6-8-3-4-9(15)10(5-8)20-13(16,17)18/h3-5H,6-7H2,1-2H3. The first-order valence-corrected chi connectivity index (χ1v) is 7.18. The zero-order valence-corrected chi connectivity index (χ0v) is 13.2. The molecule has 1 aromatic carbocycles. The van der Waals surface area contributed by atoms with E-state index in [-0.39, 0.29) is 16.1 Å². The van der Waals surface area contributed by atoms with Crippen LogP contribution >= 0.6 is 27.5 Å². The Balaban J connectivity index is 2.98. The number of carbonyl (C=O) groups is 1. The van der Waals surface area contributed by atoms with Crippen LogP contribution in [0, 0.1) is 5.41 Å². The third-order valence-corrected chi connectivity index (χ3v) is 3.57. The number of benzene rings is 1. The molecule has 0 amide bonds. The lowest BCUT2D eigenvalue weighted by molar-refractivity contribution is -0.274. The van der Waals surface area contributed by atoms with Crippen LogP contribution in [-0.4, -0.2) is 17.5 Å². The molecule has 0 aromatic heterocycles. The fourth-order valence-electron chi connectivity index (χ4n) is 1.65. The Morgan fingerprint density at radius 3 is 2.45 bits per heavy atom. The Bertz CT molecular complexity index is 501. The molecule has 0 aliphatic rings. The maximum Gasteiger partial charge on any atom is 0.573 e. The molecule has 0 fully saturated rings. The predicted octanol–water partition coefficient (Wildman–Crippen LogP) is 4.77. The van der Waals surface area contributed by atoms with Crippen molar-refractivity contribution >= 4 is 33.3 Å². The smallest absolute Gasteiger partial charge is 0.404 e. The SMILES string of the molecule is CC(C)(Cc1ccc(Cl)c(OC(F)(F)F)c1)C(=O)CBr. The zero-order chi connectivity index (χ0) is 15.6. The van der Waals surface area contributed by atoms with Gasteiger partial charge < -0.3 is 4.74 Å². The number of ketones is 1. The van der Waals surface area contributed by atoms with Gasteiger partial charge >= 0.3 is 6.36 Å². The van der Waals surface area contributed by atoms with Crippen molar-refractivity contribution < 1.29 is 22.7 Å². The highest BCUT2D eigenvalue weighted by atomic mass is 79.9. The van der Waals surface area contributed by atoms with E-state index in [1.54, 1.807) is 19.9 Å². The molecule has 20 heavy (non-hydrogen) atoms. The highest BCUT2D eigenvalue weighted by molar-refractivity contribution is 9.09. The lowest BCUT2D eigenvalue weighted by atomic mass is 9.82. The minimum atomic E-state index is -4.80. The normalized spacial score (nSPS) is 12.3. The molecule has 0 aliphatic carbocycles. The zero-order valence-electron chi connectivity index (χ0n) is 10.9. The van der Waals surface area contributed by atoms with Crippen LogP contribution in [0.2, 0.25) is 5.02 Å². The molecule has 7 heteroatoms. The molecular formula is C13H13BrClF3O2. The van der Waals surface area contributed by atoms with Crippen LogP contribution in [-0.2, 0) is 11.2 Å². The van der Waals surface area contributed by atoms with Crippen LogP contribution in [0.25, 0.3) is 0 Å². The summed E-state index contributed by atoms with van der Waals surface area (Å²) >= 11 is 8.75. The summed E-state index contributed by atoms with van der Waals surface area (Å²) in [5.74, 6) is -0.496. The van der Waals surface area contributed by atoms with Crippen LogP contribution in [0.3, 0.4) is 0 Å². The maximum absolute atomic E-state index is 12.2. The van der Waals surface area contributed by atoms with Gasteiger partial charge in [-0.1, -0.05) is 47.4 Å². The van der Waals surface area contributed by atoms with Crippen molar-refractivity contribution in [1.82, 2.24) is 0 Å². The largest absolute Gasteiger partial charge is 0.573 e. The second-order valence-corrected chi connectivity index (χ2v) is 5.90. The van der Waals surface area contributed by atoms with Crippen LogP contribution in [0.5, 0.6) is 5.75 Å². The van der Waals surface area contributed by atoms with Gasteiger partial charge in [0.05, 0.1) is 10.4 Å². The Morgan fingerprint density at radius 2 is 1.95 bits per heavy atom. The van der Waals surface area contributed by atoms with E-state index in [0.717, 1.165) is 0 Å². The highest BCUT2D eigenvalue weighted by Crippen LogP contribution is 2.33. The quantitative estimate of drug-likeness (QED) is 0.695. The lowest BCUT2D eigenvalue weighted by Crippen LogP contribution is -2.27. The van der Waals surface area contributed by atoms with Gasteiger partial charge in [0.15, 0.2) is 0 Å². The number of ether oxygens (including phenoxy) is 1. The molecule has 0 saturated carbocycles. The summed E-state index contributed by atoms with van der Waals surface area (Å²) in [7, 11) is 0. The van der Waals surface area contributed by atoms with E-state index in [1.807, 2.05) is 0 Å². The highest BCUT2D eigenvalue weighted by Gasteiger charge is 2.32. The fraction of sp³-hybridized carbons (Fsp3) is 0.462. The molecule has 1 rings (SSSR count). The average molecular weight is 374 g/mol. The Labute approximate surface area is 128 Å². The topological polar surface area (TPSA) is 26.3 Å². The van der Waals surface area contributed by atoms with Gasteiger partial charge in [-0.05, 0) is 24.1 Å². The van der Waals surface area contributed by atoms with Gasteiger partial charge in [0.1, 0.15) is 11.5 Å². The van der Waals surface area contributed by atoms with E-state index >= 15 is 0 Å². The number of alkyl halides is 4. The summed E-state index contributed by atoms with van der Waals surface area (Å²) in [6.07, 6.45) is -4.51. The average Bonchev–Trinajstić information content (AvgIpc) is 2.30. The number of carbonyl (C=O) groups excluding carboxylic acids is 1. The van der Waals surface area contributed by atoms with E-state index in [4.69, 9.17) is 11.6 Å². The summed E-state index contributed by atoms with van der Waals surface area (Å²) in [4.78, 5) is 11.7. The first kappa shape index (κ1) is 17.3. The van der Waals surface area contributed by atoms with Gasteiger partial charge in [-0.3, -0.25) is 4.79 Å². The van der Waals surface area contributed by atoms with Crippen LogP contribution in [0.15, 0.2) is 18.2 Å². The van der Waals surface area contributed by atoms with Crippen molar-refractivity contribution in [2.75, 3.05) is 5.33 Å². The minimum absolute atomic E-state index is 0.0364. The third-order valence-electron chi connectivity index (χ3n) is 2.74. The molecule has 0 heterocycles. The summed E-state index contributed by atoms with van der Waals surface area (Å²) in [5, 5.41) is 0.0650. The number of halogens is 5. The van der Waals surface area contributed by atoms with Gasteiger partial charge in [0.25, 0.3) is 0 Å². The van der Waals surface area contributed by atoms with Crippen molar-refractivity contribution in [1.29, 1.82) is 0 Å². The third kappa shape index (κ3) is 4.98. The lowest BCUT2D eigenvalue weighted by Gasteiger charge is -2.22. The molecule has 0 unspecified atom stereocenters. The van der Waals surface area contributed by atoms with E-state index in [2.05, 4.69) is 20.7 Å². The monoisotopic (exact) mass is 372 g/mol. The Hall–Kier alpha value is -0.750. The van der Waals surface area contributed by atoms with E-state index in [1.165, 1.54) is 12.1 Å². The minimum Gasteiger partial charge on any atom is -0.404 e. The molecule has 0 saturated heterocycles. The van der Waals surface area contributed by atoms with Crippen LogP contribution < -0.4 is 4.74 Å². The predicted molar refractivity (Wildman–Crippen MR) is 74.4 cm³/mol. The Kier molecular flexibility index (Phi) is 5.49. The Morgan fingerprint density at radius 1 is 1.35 bits per heavy atom. The van der Waals surface area contributed by atoms with Gasteiger partial charge in [0.2, 0.25) is 0 Å². The molecular weight excluding hydrogens is 360 g/mol. The fourth-order valence-corrected chi connectivity index (χ4v) is 2.57. The molecule has 0 N–H and O–H groups in total. The molecule has 0 radical (unpaired) electrons. The van der Waals surface area contributed by atoms with Crippen molar-refractivity contribution in [2.24, 2.45) is 5.41 Å². The molecule has 2 nitrogen and oxygen atoms in total. The van der Waals surface area contributed by atoms with Crippen molar-refractivity contribution in [3.05, 3.63) is 28.8 Å². The molecule has 112 valence electrons. The van der Waals surface area contributed by atoms with Gasteiger partial charge in [-0.15, -0.1) is 13.2 Å². The summed E-state index contributed by atoms with van der Waals surface area (Å²) in [5.41, 5.74) is -0.139. The van der Waals surface area contributed by atoms with Gasteiger partial charge in [0, 0.05) is 5.41 Å². The molecule has 0 atom stereocenters. The number of hydrogen-bond donors (Lipinski definition) is 0. The maximum atomic E-state index is 12.2. The van der Waals surface area contributed by atoms with Crippen molar-refractivity contribution in [2.45, 2.75) is 26.6 Å². The molecule has 0 aliphatic heterocycles.